The van der Waals surface area contributed by atoms with Gasteiger partial charge in [-0.1, -0.05) is 25.1 Å². The highest BCUT2D eigenvalue weighted by Crippen LogP contribution is 2.36. The smallest absolute Gasteiger partial charge is 0.356 e. The summed E-state index contributed by atoms with van der Waals surface area (Å²) in [6, 6.07) is 11.0. The van der Waals surface area contributed by atoms with Crippen molar-refractivity contribution >= 4 is 12.9 Å². The van der Waals surface area contributed by atoms with Gasteiger partial charge in [0.25, 0.3) is 0 Å². The molecule has 6 heteroatoms. The van der Waals surface area contributed by atoms with Crippen LogP contribution in [0.4, 0.5) is 0 Å². The molecule has 0 heterocycles. The third kappa shape index (κ3) is 4.10. The topological polar surface area (TPSA) is 98.0 Å². The number of hydrogen-bond donors (Lipinski definition) is 4. The molecule has 2 rings (SSSR count). The van der Waals surface area contributed by atoms with Gasteiger partial charge in [0, 0.05) is 0 Å². The predicted molar refractivity (Wildman–Crippen MR) is 84.6 cm³/mol. The largest absolute Gasteiger partial charge is 0.508 e. The van der Waals surface area contributed by atoms with Crippen LogP contribution >= 0.6 is 7.60 Å². The van der Waals surface area contributed by atoms with E-state index in [0.717, 1.165) is 11.6 Å². The molecular weight excluding hydrogens is 303 g/mol. The molecule has 1 unspecified atom stereocenters. The molecular formula is C16H19O5P. The quantitative estimate of drug-likeness (QED) is 0.634. The first kappa shape index (κ1) is 16.6. The van der Waals surface area contributed by atoms with Gasteiger partial charge in [0.15, 0.2) is 0 Å². The van der Waals surface area contributed by atoms with E-state index in [1.807, 2.05) is 19.1 Å². The molecule has 0 radical (unpaired) electrons. The Bertz CT molecular complexity index is 690. The van der Waals surface area contributed by atoms with Gasteiger partial charge in [-0.2, -0.15) is 0 Å². The molecule has 22 heavy (non-hydrogen) atoms. The summed E-state index contributed by atoms with van der Waals surface area (Å²) < 4.78 is 11.5. The molecule has 4 N–H and O–H groups in total. The van der Waals surface area contributed by atoms with E-state index in [4.69, 9.17) is 0 Å². The number of rotatable bonds is 5. The fourth-order valence-electron chi connectivity index (χ4n) is 2.38. The normalized spacial score (nSPS) is 13.0. The van der Waals surface area contributed by atoms with E-state index in [1.165, 1.54) is 6.07 Å². The molecule has 0 saturated carbocycles. The minimum absolute atomic E-state index is 0.120. The van der Waals surface area contributed by atoms with Crippen LogP contribution in [0, 0.1) is 0 Å². The number of phenolic OH excluding ortho intramolecular Hbond substituents is 2. The summed E-state index contributed by atoms with van der Waals surface area (Å²) in [6.45, 7) is 2.02. The van der Waals surface area contributed by atoms with Crippen LogP contribution in [0.15, 0.2) is 42.5 Å². The van der Waals surface area contributed by atoms with Crippen LogP contribution in [-0.2, 0) is 11.0 Å². The first-order valence-corrected chi connectivity index (χ1v) is 8.55. The second kappa shape index (κ2) is 6.53. The van der Waals surface area contributed by atoms with Gasteiger partial charge >= 0.3 is 7.60 Å². The van der Waals surface area contributed by atoms with E-state index in [9.17, 15) is 24.6 Å². The molecule has 0 aromatic heterocycles. The highest BCUT2D eigenvalue weighted by atomic mass is 31.2. The highest BCUT2D eigenvalue weighted by molar-refractivity contribution is 7.60. The first-order valence-electron chi connectivity index (χ1n) is 6.94. The monoisotopic (exact) mass is 322 g/mol. The van der Waals surface area contributed by atoms with Crippen molar-refractivity contribution < 1.29 is 24.6 Å². The Kier molecular flexibility index (Phi) is 4.91. The van der Waals surface area contributed by atoms with Crippen molar-refractivity contribution in [1.29, 1.82) is 0 Å². The molecule has 0 fully saturated rings. The second-order valence-corrected chi connectivity index (χ2v) is 6.96. The SMILES string of the molecule is CC(CCc1ccc(O)cc1P(=O)(O)O)c1ccc(O)cc1. The minimum atomic E-state index is -4.41. The third-order valence-corrected chi connectivity index (χ3v) is 4.74. The summed E-state index contributed by atoms with van der Waals surface area (Å²) in [6.07, 6.45) is 1.19. The summed E-state index contributed by atoms with van der Waals surface area (Å²) in [7, 11) is -4.41. The number of benzene rings is 2. The van der Waals surface area contributed by atoms with Gasteiger partial charge in [-0.05, 0) is 54.2 Å². The number of hydrogen-bond acceptors (Lipinski definition) is 3. The van der Waals surface area contributed by atoms with Crippen molar-refractivity contribution in [2.24, 2.45) is 0 Å². The molecule has 2 aromatic carbocycles. The van der Waals surface area contributed by atoms with Gasteiger partial charge < -0.3 is 20.0 Å². The molecule has 0 aliphatic carbocycles. The van der Waals surface area contributed by atoms with E-state index < -0.39 is 7.60 Å². The van der Waals surface area contributed by atoms with Crippen molar-refractivity contribution in [3.05, 3.63) is 53.6 Å². The standard InChI is InChI=1S/C16H19O5P/c1-11(12-4-7-14(17)8-5-12)2-3-13-6-9-15(18)10-16(13)22(19,20)21/h4-11,17-18H,2-3H2,1H3,(H2,19,20,21). The average molecular weight is 322 g/mol. The summed E-state index contributed by atoms with van der Waals surface area (Å²) in [5.41, 5.74) is 1.59. The Morgan fingerprint density at radius 2 is 1.59 bits per heavy atom. The molecule has 0 saturated heterocycles. The zero-order valence-corrected chi connectivity index (χ0v) is 13.1. The highest BCUT2D eigenvalue weighted by Gasteiger charge is 2.22. The molecule has 0 amide bonds. The summed E-state index contributed by atoms with van der Waals surface area (Å²) >= 11 is 0. The lowest BCUT2D eigenvalue weighted by molar-refractivity contribution is 0.386. The van der Waals surface area contributed by atoms with E-state index in [1.54, 1.807) is 18.2 Å². The predicted octanol–water partition coefficient (Wildman–Crippen LogP) is 2.64. The molecule has 0 spiro atoms. The van der Waals surface area contributed by atoms with Crippen LogP contribution in [0.3, 0.4) is 0 Å². The lowest BCUT2D eigenvalue weighted by Crippen LogP contribution is -2.11. The Balaban J connectivity index is 2.14. The van der Waals surface area contributed by atoms with Gasteiger partial charge in [0.05, 0.1) is 5.30 Å². The van der Waals surface area contributed by atoms with Crippen LogP contribution in [0.25, 0.3) is 0 Å². The van der Waals surface area contributed by atoms with E-state index >= 15 is 0 Å². The Hall–Kier alpha value is -1.81. The van der Waals surface area contributed by atoms with Crippen molar-refractivity contribution in [3.63, 3.8) is 0 Å². The number of aromatic hydroxyl groups is 2. The van der Waals surface area contributed by atoms with E-state index in [-0.39, 0.29) is 22.7 Å². The van der Waals surface area contributed by atoms with Crippen LogP contribution in [-0.4, -0.2) is 20.0 Å². The molecule has 0 aliphatic rings. The van der Waals surface area contributed by atoms with Crippen molar-refractivity contribution in [3.8, 4) is 11.5 Å². The zero-order valence-electron chi connectivity index (χ0n) is 12.2. The molecule has 1 atom stereocenters. The van der Waals surface area contributed by atoms with Crippen LogP contribution < -0.4 is 5.30 Å². The summed E-state index contributed by atoms with van der Waals surface area (Å²) in [5.74, 6) is 0.228. The molecule has 5 nitrogen and oxygen atoms in total. The first-order chi connectivity index (χ1) is 10.3. The van der Waals surface area contributed by atoms with E-state index in [0.29, 0.717) is 18.4 Å². The molecule has 0 aliphatic heterocycles. The van der Waals surface area contributed by atoms with Crippen LogP contribution in [0.5, 0.6) is 11.5 Å². The maximum Gasteiger partial charge on any atom is 0.356 e. The Morgan fingerprint density at radius 3 is 2.18 bits per heavy atom. The van der Waals surface area contributed by atoms with Crippen molar-refractivity contribution in [2.45, 2.75) is 25.7 Å². The Morgan fingerprint density at radius 1 is 1.00 bits per heavy atom. The maximum absolute atomic E-state index is 11.5. The maximum atomic E-state index is 11.5. The molecule has 118 valence electrons. The van der Waals surface area contributed by atoms with Gasteiger partial charge in [-0.25, -0.2) is 0 Å². The number of phenols is 2. The van der Waals surface area contributed by atoms with Gasteiger partial charge in [-0.3, -0.25) is 4.57 Å². The lowest BCUT2D eigenvalue weighted by atomic mass is 9.94. The van der Waals surface area contributed by atoms with Gasteiger partial charge in [0.2, 0.25) is 0 Å². The Labute approximate surface area is 129 Å². The minimum Gasteiger partial charge on any atom is -0.508 e. The third-order valence-electron chi connectivity index (χ3n) is 3.69. The fourth-order valence-corrected chi connectivity index (χ4v) is 3.24. The molecule has 0 bridgehead atoms. The van der Waals surface area contributed by atoms with Crippen molar-refractivity contribution in [1.82, 2.24) is 0 Å². The van der Waals surface area contributed by atoms with Gasteiger partial charge in [-0.15, -0.1) is 0 Å². The fraction of sp³-hybridized carbons (Fsp3) is 0.250. The van der Waals surface area contributed by atoms with Crippen molar-refractivity contribution in [2.75, 3.05) is 0 Å². The van der Waals surface area contributed by atoms with Gasteiger partial charge in [0.1, 0.15) is 11.5 Å². The number of aryl methyl sites for hydroxylation is 1. The lowest BCUT2D eigenvalue weighted by Gasteiger charge is -2.15. The van der Waals surface area contributed by atoms with Crippen LogP contribution in [0.1, 0.15) is 30.4 Å². The zero-order chi connectivity index (χ0) is 16.3. The average Bonchev–Trinajstić information content (AvgIpc) is 2.45. The molecule has 2 aromatic rings. The van der Waals surface area contributed by atoms with E-state index in [2.05, 4.69) is 0 Å². The second-order valence-electron chi connectivity index (χ2n) is 5.39. The van der Waals surface area contributed by atoms with Crippen LogP contribution in [0.2, 0.25) is 0 Å². The summed E-state index contributed by atoms with van der Waals surface area (Å²) in [5, 5.41) is 18.6. The summed E-state index contributed by atoms with van der Waals surface area (Å²) in [4.78, 5) is 18.8.